The normalized spacial score (nSPS) is 27.3. The van der Waals surface area contributed by atoms with Crippen LogP contribution in [0.2, 0.25) is 0 Å². The van der Waals surface area contributed by atoms with Gasteiger partial charge in [0.25, 0.3) is 0 Å². The van der Waals surface area contributed by atoms with E-state index < -0.39 is 53.7 Å². The summed E-state index contributed by atoms with van der Waals surface area (Å²) in [6.45, 7) is 4.04. The lowest BCUT2D eigenvalue weighted by atomic mass is 9.78. The van der Waals surface area contributed by atoms with E-state index in [9.17, 15) is 40.6 Å². The summed E-state index contributed by atoms with van der Waals surface area (Å²) in [6.07, 6.45) is -8.35. The van der Waals surface area contributed by atoms with E-state index in [-0.39, 0.29) is 29.8 Å². The summed E-state index contributed by atoms with van der Waals surface area (Å²) in [5.41, 5.74) is -2.27. The number of aryl methyl sites for hydroxylation is 1. The molecule has 236 valence electrons. The fourth-order valence-electron chi connectivity index (χ4n) is 6.96. The highest BCUT2D eigenvalue weighted by molar-refractivity contribution is 5.75. The molecule has 1 N–H and O–H groups in total. The van der Waals surface area contributed by atoms with Gasteiger partial charge in [-0.05, 0) is 86.6 Å². The lowest BCUT2D eigenvalue weighted by Crippen LogP contribution is -2.60. The second kappa shape index (κ2) is 11.2. The van der Waals surface area contributed by atoms with E-state index in [2.05, 4.69) is 4.90 Å². The first kappa shape index (κ1) is 31.5. The minimum Gasteiger partial charge on any atom is -0.367 e. The number of alkyl halides is 6. The van der Waals surface area contributed by atoms with Crippen LogP contribution >= 0.6 is 0 Å². The molecule has 2 amide bonds. The van der Waals surface area contributed by atoms with Gasteiger partial charge in [0.2, 0.25) is 0 Å². The second-order valence-electron chi connectivity index (χ2n) is 11.9. The molecular formula is C30H34F7N3O3. The molecule has 3 aliphatic heterocycles. The Bertz CT molecular complexity index is 1340. The Kier molecular flexibility index (Phi) is 8.23. The fourth-order valence-corrected chi connectivity index (χ4v) is 6.96. The first-order chi connectivity index (χ1) is 20.0. The SMILES string of the molecule is Cc1cc(F)ccc1C1CC2(CCC3COC(O)CN32)CCN1C(=O)N(C)C(C)c1cc(C(F)(F)F)cc(C(F)(F)F)c1. The quantitative estimate of drug-likeness (QED) is 0.391. The third-order valence-corrected chi connectivity index (χ3v) is 9.41. The largest absolute Gasteiger partial charge is 0.416 e. The van der Waals surface area contributed by atoms with Crippen molar-refractivity contribution in [3.63, 3.8) is 0 Å². The molecule has 0 aliphatic carbocycles. The van der Waals surface area contributed by atoms with Crippen molar-refractivity contribution in [2.24, 2.45) is 0 Å². The van der Waals surface area contributed by atoms with Crippen LogP contribution in [0.1, 0.15) is 72.5 Å². The van der Waals surface area contributed by atoms with Crippen LogP contribution in [0.3, 0.4) is 0 Å². The molecule has 6 nitrogen and oxygen atoms in total. The molecule has 3 fully saturated rings. The smallest absolute Gasteiger partial charge is 0.367 e. The molecule has 1 spiro atoms. The molecule has 3 saturated heterocycles. The monoisotopic (exact) mass is 617 g/mol. The third kappa shape index (κ3) is 6.08. The summed E-state index contributed by atoms with van der Waals surface area (Å²) in [4.78, 5) is 19.0. The minimum atomic E-state index is -5.02. The maximum absolute atomic E-state index is 14.1. The van der Waals surface area contributed by atoms with E-state index in [1.807, 2.05) is 0 Å². The molecule has 13 heteroatoms. The van der Waals surface area contributed by atoms with Gasteiger partial charge in [0.15, 0.2) is 6.29 Å². The van der Waals surface area contributed by atoms with E-state index in [0.29, 0.717) is 49.3 Å². The number of urea groups is 1. The number of amides is 2. The molecule has 5 unspecified atom stereocenters. The van der Waals surface area contributed by atoms with Gasteiger partial charge in [0.1, 0.15) is 5.82 Å². The first-order valence-corrected chi connectivity index (χ1v) is 14.2. The average Bonchev–Trinajstić information content (AvgIpc) is 3.27. The number of rotatable bonds is 3. The van der Waals surface area contributed by atoms with Crippen molar-refractivity contribution < 1.29 is 45.4 Å². The molecule has 2 aromatic carbocycles. The van der Waals surface area contributed by atoms with Crippen LogP contribution in [0.15, 0.2) is 36.4 Å². The van der Waals surface area contributed by atoms with Crippen LogP contribution in [0, 0.1) is 12.7 Å². The van der Waals surface area contributed by atoms with Crippen LogP contribution in [0.4, 0.5) is 35.5 Å². The van der Waals surface area contributed by atoms with E-state index in [1.54, 1.807) is 17.9 Å². The number of halogens is 7. The topological polar surface area (TPSA) is 56.3 Å². The van der Waals surface area contributed by atoms with Gasteiger partial charge in [-0.15, -0.1) is 0 Å². The Morgan fingerprint density at radius 1 is 1.07 bits per heavy atom. The van der Waals surface area contributed by atoms with Crippen molar-refractivity contribution in [2.45, 2.75) is 81.8 Å². The van der Waals surface area contributed by atoms with Crippen LogP contribution in [0.25, 0.3) is 0 Å². The number of carbonyl (C=O) groups excluding carboxylic acids is 1. The number of ether oxygens (including phenoxy) is 1. The number of β-amino-alcohol motifs (C(OH)–C–C–N with tert-alkyl or cyclic N) is 1. The van der Waals surface area contributed by atoms with Gasteiger partial charge in [0, 0.05) is 25.2 Å². The summed E-state index contributed by atoms with van der Waals surface area (Å²) in [5.74, 6) is -0.447. The van der Waals surface area contributed by atoms with Gasteiger partial charge in [-0.25, -0.2) is 9.18 Å². The summed E-state index contributed by atoms with van der Waals surface area (Å²) in [6, 6.07) is 3.46. The molecule has 43 heavy (non-hydrogen) atoms. The number of aliphatic hydroxyl groups is 1. The van der Waals surface area contributed by atoms with Gasteiger partial charge >= 0.3 is 18.4 Å². The summed E-state index contributed by atoms with van der Waals surface area (Å²) < 4.78 is 101. The number of aliphatic hydroxyl groups excluding tert-OH is 1. The number of nitrogens with zero attached hydrogens (tertiary/aromatic N) is 3. The lowest BCUT2D eigenvalue weighted by molar-refractivity contribution is -0.179. The van der Waals surface area contributed by atoms with Crippen LogP contribution in [0.5, 0.6) is 0 Å². The Balaban J connectivity index is 1.48. The molecule has 3 heterocycles. The van der Waals surface area contributed by atoms with Crippen molar-refractivity contribution in [3.8, 4) is 0 Å². The van der Waals surface area contributed by atoms with Crippen molar-refractivity contribution in [1.29, 1.82) is 0 Å². The molecule has 3 aliphatic rings. The predicted octanol–water partition coefficient (Wildman–Crippen LogP) is 6.67. The number of hydrogen-bond acceptors (Lipinski definition) is 4. The van der Waals surface area contributed by atoms with Crippen molar-refractivity contribution >= 4 is 6.03 Å². The van der Waals surface area contributed by atoms with Gasteiger partial charge in [-0.1, -0.05) is 6.07 Å². The molecule has 5 atom stereocenters. The summed E-state index contributed by atoms with van der Waals surface area (Å²) in [7, 11) is 1.35. The van der Waals surface area contributed by atoms with Crippen molar-refractivity contribution in [1.82, 2.24) is 14.7 Å². The van der Waals surface area contributed by atoms with Gasteiger partial charge < -0.3 is 19.6 Å². The zero-order valence-corrected chi connectivity index (χ0v) is 24.0. The highest BCUT2D eigenvalue weighted by atomic mass is 19.4. The summed E-state index contributed by atoms with van der Waals surface area (Å²) in [5, 5.41) is 10.2. The second-order valence-corrected chi connectivity index (χ2v) is 11.9. The van der Waals surface area contributed by atoms with E-state index >= 15 is 0 Å². The highest BCUT2D eigenvalue weighted by Gasteiger charge is 2.53. The van der Waals surface area contributed by atoms with Crippen LogP contribution in [-0.4, -0.2) is 70.5 Å². The molecule has 2 aromatic rings. The Morgan fingerprint density at radius 3 is 2.33 bits per heavy atom. The maximum atomic E-state index is 14.1. The number of piperidine rings is 1. The standard InChI is InChI=1S/C30H34F7N3O3/c1-17-10-22(31)4-5-24(17)25-14-28(7-6-23-16-43-26(41)15-40(23)28)8-9-39(25)27(42)38(3)18(2)19-11-20(29(32,33)34)13-21(12-19)30(35,36)37/h4-5,10-13,18,23,25-26,41H,6-9,14-16H2,1-3H3. The number of likely N-dealkylation sites (tertiary alicyclic amines) is 1. The number of fused-ring (bicyclic) bond motifs is 2. The first-order valence-electron chi connectivity index (χ1n) is 14.2. The Labute approximate surface area is 245 Å². The molecule has 0 bridgehead atoms. The molecule has 0 radical (unpaired) electrons. The Morgan fingerprint density at radius 2 is 1.72 bits per heavy atom. The van der Waals surface area contributed by atoms with E-state index in [0.717, 1.165) is 17.7 Å². The van der Waals surface area contributed by atoms with Crippen molar-refractivity contribution in [3.05, 3.63) is 70.0 Å². The molecule has 0 aromatic heterocycles. The molecule has 0 saturated carbocycles. The maximum Gasteiger partial charge on any atom is 0.416 e. The Hall–Kier alpha value is -2.90. The summed E-state index contributed by atoms with van der Waals surface area (Å²) >= 11 is 0. The number of hydrogen-bond donors (Lipinski definition) is 1. The van der Waals surface area contributed by atoms with Crippen LogP contribution in [-0.2, 0) is 17.1 Å². The fraction of sp³-hybridized carbons (Fsp3) is 0.567. The average molecular weight is 618 g/mol. The van der Waals surface area contributed by atoms with Gasteiger partial charge in [0.05, 0.1) is 36.4 Å². The third-order valence-electron chi connectivity index (χ3n) is 9.41. The minimum absolute atomic E-state index is 0.0624. The number of carbonyl (C=O) groups is 1. The van der Waals surface area contributed by atoms with Gasteiger partial charge in [-0.2, -0.15) is 26.3 Å². The predicted molar refractivity (Wildman–Crippen MR) is 142 cm³/mol. The molecule has 5 rings (SSSR count). The van der Waals surface area contributed by atoms with E-state index in [1.165, 1.54) is 26.1 Å². The zero-order valence-electron chi connectivity index (χ0n) is 24.0. The van der Waals surface area contributed by atoms with Crippen molar-refractivity contribution in [2.75, 3.05) is 26.7 Å². The zero-order chi connectivity index (χ0) is 31.5. The van der Waals surface area contributed by atoms with Gasteiger partial charge in [-0.3, -0.25) is 4.90 Å². The van der Waals surface area contributed by atoms with E-state index in [4.69, 9.17) is 4.74 Å². The molecular weight excluding hydrogens is 583 g/mol. The highest BCUT2D eigenvalue weighted by Crippen LogP contribution is 2.49. The lowest BCUT2D eigenvalue weighted by Gasteiger charge is -2.52. The number of benzene rings is 2. The number of morpholine rings is 1. The van der Waals surface area contributed by atoms with Crippen LogP contribution < -0.4 is 0 Å².